The molecule has 0 aromatic heterocycles. The largest absolute Gasteiger partial charge is 0.394 e. The van der Waals surface area contributed by atoms with Crippen LogP contribution in [0.2, 0.25) is 0 Å². The highest BCUT2D eigenvalue weighted by Gasteiger charge is 2.42. The molecule has 1 aliphatic rings. The minimum atomic E-state index is -0.549. The van der Waals surface area contributed by atoms with Gasteiger partial charge in [0.2, 0.25) is 0 Å². The summed E-state index contributed by atoms with van der Waals surface area (Å²) in [6.07, 6.45) is -1.36. The Bertz CT molecular complexity index is 156. The zero-order valence-corrected chi connectivity index (χ0v) is 8.30. The summed E-state index contributed by atoms with van der Waals surface area (Å²) in [5.74, 6) is 0.0919. The summed E-state index contributed by atoms with van der Waals surface area (Å²) in [4.78, 5) is 0. The van der Waals surface area contributed by atoms with E-state index in [9.17, 15) is 5.11 Å². The molecule has 0 spiro atoms. The van der Waals surface area contributed by atoms with E-state index in [2.05, 4.69) is 0 Å². The lowest BCUT2D eigenvalue weighted by molar-refractivity contribution is -0.0942. The number of hydrogen-bond donors (Lipinski definition) is 2. The molecule has 0 aliphatic carbocycles. The molecule has 0 saturated carbocycles. The molecule has 0 aromatic carbocycles. The highest BCUT2D eigenvalue weighted by Crippen LogP contribution is 2.28. The zero-order chi connectivity index (χ0) is 10.0. The molecule has 1 unspecified atom stereocenters. The highest BCUT2D eigenvalue weighted by molar-refractivity contribution is 4.90. The van der Waals surface area contributed by atoms with Crippen LogP contribution in [0.15, 0.2) is 0 Å². The van der Waals surface area contributed by atoms with E-state index in [1.165, 1.54) is 7.11 Å². The standard InChI is InChI=1S/C9H18O4/c1-5-6(2)13-9(8(5)11)7(4-10)12-3/h5-11H,4H2,1-3H3/t5-,6-,7-,8?,9+/m1/s1. The van der Waals surface area contributed by atoms with E-state index in [1.807, 2.05) is 13.8 Å². The highest BCUT2D eigenvalue weighted by atomic mass is 16.6. The van der Waals surface area contributed by atoms with Gasteiger partial charge >= 0.3 is 0 Å². The quantitative estimate of drug-likeness (QED) is 0.646. The van der Waals surface area contributed by atoms with Gasteiger partial charge in [-0.15, -0.1) is 0 Å². The maximum Gasteiger partial charge on any atom is 0.112 e. The van der Waals surface area contributed by atoms with Gasteiger partial charge in [0.15, 0.2) is 0 Å². The third kappa shape index (κ3) is 2.02. The molecule has 0 bridgehead atoms. The first kappa shape index (κ1) is 10.9. The molecule has 4 heteroatoms. The lowest BCUT2D eigenvalue weighted by atomic mass is 9.97. The van der Waals surface area contributed by atoms with Crippen LogP contribution < -0.4 is 0 Å². The van der Waals surface area contributed by atoms with Gasteiger partial charge in [0.1, 0.15) is 12.2 Å². The molecule has 1 saturated heterocycles. The van der Waals surface area contributed by atoms with Gasteiger partial charge in [-0.3, -0.25) is 0 Å². The van der Waals surface area contributed by atoms with Crippen molar-refractivity contribution >= 4 is 0 Å². The molecular weight excluding hydrogens is 172 g/mol. The molecule has 2 N–H and O–H groups in total. The van der Waals surface area contributed by atoms with Crippen LogP contribution in [0.1, 0.15) is 13.8 Å². The fourth-order valence-electron chi connectivity index (χ4n) is 1.65. The maximum absolute atomic E-state index is 9.74. The van der Waals surface area contributed by atoms with Crippen molar-refractivity contribution in [2.45, 2.75) is 38.3 Å². The Morgan fingerprint density at radius 2 is 2.08 bits per heavy atom. The molecule has 13 heavy (non-hydrogen) atoms. The van der Waals surface area contributed by atoms with Crippen molar-refractivity contribution in [3.05, 3.63) is 0 Å². The second-order valence-corrected chi connectivity index (χ2v) is 3.61. The third-order valence-corrected chi connectivity index (χ3v) is 2.84. The predicted octanol–water partition coefficient (Wildman–Crippen LogP) is -0.222. The lowest BCUT2D eigenvalue weighted by Crippen LogP contribution is -2.39. The van der Waals surface area contributed by atoms with Gasteiger partial charge in [-0.2, -0.15) is 0 Å². The van der Waals surface area contributed by atoms with Crippen molar-refractivity contribution in [3.63, 3.8) is 0 Å². The molecule has 4 nitrogen and oxygen atoms in total. The first-order valence-corrected chi connectivity index (χ1v) is 4.59. The summed E-state index contributed by atoms with van der Waals surface area (Å²) in [5, 5.41) is 18.7. The van der Waals surface area contributed by atoms with Gasteiger partial charge < -0.3 is 19.7 Å². The van der Waals surface area contributed by atoms with Crippen LogP contribution in [0.5, 0.6) is 0 Å². The van der Waals surface area contributed by atoms with Crippen molar-refractivity contribution in [1.82, 2.24) is 0 Å². The number of ether oxygens (including phenoxy) is 2. The minimum Gasteiger partial charge on any atom is -0.394 e. The second-order valence-electron chi connectivity index (χ2n) is 3.61. The Balaban J connectivity index is 2.61. The summed E-state index contributed by atoms with van der Waals surface area (Å²) < 4.78 is 10.5. The Morgan fingerprint density at radius 1 is 1.46 bits per heavy atom. The molecule has 1 rings (SSSR count). The van der Waals surface area contributed by atoms with Crippen LogP contribution >= 0.6 is 0 Å². The molecule has 1 heterocycles. The fourth-order valence-corrected chi connectivity index (χ4v) is 1.65. The van der Waals surface area contributed by atoms with Gasteiger partial charge in [-0.1, -0.05) is 6.92 Å². The Morgan fingerprint density at radius 3 is 2.38 bits per heavy atom. The van der Waals surface area contributed by atoms with Crippen molar-refractivity contribution in [1.29, 1.82) is 0 Å². The summed E-state index contributed by atoms with van der Waals surface area (Å²) in [6, 6.07) is 0. The molecule has 78 valence electrons. The van der Waals surface area contributed by atoms with Crippen LogP contribution in [0.4, 0.5) is 0 Å². The van der Waals surface area contributed by atoms with Crippen molar-refractivity contribution in [2.24, 2.45) is 5.92 Å². The summed E-state index contributed by atoms with van der Waals surface area (Å²) in [6.45, 7) is 3.72. The normalized spacial score (nSPS) is 42.2. The summed E-state index contributed by atoms with van der Waals surface area (Å²) in [5.41, 5.74) is 0. The van der Waals surface area contributed by atoms with Gasteiger partial charge in [0.05, 0.1) is 18.8 Å². The van der Waals surface area contributed by atoms with Crippen LogP contribution in [-0.4, -0.2) is 48.3 Å². The van der Waals surface area contributed by atoms with Crippen molar-refractivity contribution < 1.29 is 19.7 Å². The van der Waals surface area contributed by atoms with Gasteiger partial charge in [0, 0.05) is 13.0 Å². The summed E-state index contributed by atoms with van der Waals surface area (Å²) in [7, 11) is 1.50. The van der Waals surface area contributed by atoms with Crippen LogP contribution in [0.3, 0.4) is 0 Å². The number of methoxy groups -OCH3 is 1. The number of aliphatic hydroxyl groups is 2. The van der Waals surface area contributed by atoms with E-state index in [0.717, 1.165) is 0 Å². The number of aliphatic hydroxyl groups excluding tert-OH is 2. The molecule has 0 aromatic rings. The number of rotatable bonds is 3. The van der Waals surface area contributed by atoms with E-state index in [1.54, 1.807) is 0 Å². The molecule has 0 radical (unpaired) electrons. The van der Waals surface area contributed by atoms with E-state index in [4.69, 9.17) is 14.6 Å². The third-order valence-electron chi connectivity index (χ3n) is 2.84. The van der Waals surface area contributed by atoms with Crippen LogP contribution in [0.25, 0.3) is 0 Å². The monoisotopic (exact) mass is 190 g/mol. The van der Waals surface area contributed by atoms with Gasteiger partial charge in [0.25, 0.3) is 0 Å². The van der Waals surface area contributed by atoms with Crippen molar-refractivity contribution in [2.75, 3.05) is 13.7 Å². The molecule has 0 amide bonds. The SMILES string of the molecule is CO[C@H](CO)[C@@H]1O[C@H](C)[C@@H](C)C1O. The lowest BCUT2D eigenvalue weighted by Gasteiger charge is -2.22. The molecule has 1 fully saturated rings. The summed E-state index contributed by atoms with van der Waals surface area (Å²) >= 11 is 0. The minimum absolute atomic E-state index is 0.0178. The van der Waals surface area contributed by atoms with E-state index < -0.39 is 18.3 Å². The number of hydrogen-bond acceptors (Lipinski definition) is 4. The van der Waals surface area contributed by atoms with E-state index >= 15 is 0 Å². The first-order chi connectivity index (χ1) is 6.11. The van der Waals surface area contributed by atoms with E-state index in [0.29, 0.717) is 0 Å². The van der Waals surface area contributed by atoms with Gasteiger partial charge in [-0.25, -0.2) is 0 Å². The first-order valence-electron chi connectivity index (χ1n) is 4.59. The average molecular weight is 190 g/mol. The van der Waals surface area contributed by atoms with Crippen LogP contribution in [0, 0.1) is 5.92 Å². The molecule has 1 aliphatic heterocycles. The maximum atomic E-state index is 9.74. The van der Waals surface area contributed by atoms with Crippen LogP contribution in [-0.2, 0) is 9.47 Å². The Labute approximate surface area is 78.5 Å². The van der Waals surface area contributed by atoms with E-state index in [-0.39, 0.29) is 18.6 Å². The smallest absolute Gasteiger partial charge is 0.112 e. The Kier molecular flexibility index (Phi) is 3.67. The molecule has 5 atom stereocenters. The average Bonchev–Trinajstić information content (AvgIpc) is 2.36. The fraction of sp³-hybridized carbons (Fsp3) is 1.00. The van der Waals surface area contributed by atoms with Gasteiger partial charge in [-0.05, 0) is 6.92 Å². The topological polar surface area (TPSA) is 58.9 Å². The molecular formula is C9H18O4. The predicted molar refractivity (Wildman–Crippen MR) is 47.4 cm³/mol. The second kappa shape index (κ2) is 4.37. The zero-order valence-electron chi connectivity index (χ0n) is 8.30. The Hall–Kier alpha value is -0.160. The van der Waals surface area contributed by atoms with Crippen molar-refractivity contribution in [3.8, 4) is 0 Å².